The summed E-state index contributed by atoms with van der Waals surface area (Å²) >= 11 is 0. The summed E-state index contributed by atoms with van der Waals surface area (Å²) in [6.07, 6.45) is -0.00490. The monoisotopic (exact) mass is 709 g/mol. The smallest absolute Gasteiger partial charge is 0.424 e. The molecule has 1 aliphatic carbocycles. The van der Waals surface area contributed by atoms with E-state index in [1.165, 1.54) is 5.01 Å². The van der Waals surface area contributed by atoms with E-state index in [0.29, 0.717) is 13.1 Å². The molecule has 0 spiro atoms. The molecule has 5 rings (SSSR count). The summed E-state index contributed by atoms with van der Waals surface area (Å²) in [4.78, 5) is 51.1. The number of Topliss-reactive ketones (excluding diaryl/α,β-unsaturated/α-hetero) is 1. The Labute approximate surface area is 306 Å². The Balaban J connectivity index is 1.29. The summed E-state index contributed by atoms with van der Waals surface area (Å²) in [7, 11) is 3.49. The number of benzene rings is 3. The number of rotatable bonds is 13. The number of carbonyl (C=O) groups is 4. The highest BCUT2D eigenvalue weighted by Gasteiger charge is 2.30. The summed E-state index contributed by atoms with van der Waals surface area (Å²) in [5.41, 5.74) is 6.00. The molecule has 1 heterocycles. The van der Waals surface area contributed by atoms with E-state index in [1.807, 2.05) is 76.3 Å². The van der Waals surface area contributed by atoms with Gasteiger partial charge in [0.05, 0.1) is 19.4 Å². The molecule has 10 nitrogen and oxygen atoms in total. The number of ketones is 1. The van der Waals surface area contributed by atoms with E-state index in [9.17, 15) is 19.2 Å². The maximum atomic E-state index is 13.4. The zero-order valence-electron chi connectivity index (χ0n) is 31.7. The largest absolute Gasteiger partial charge is 0.460 e. The van der Waals surface area contributed by atoms with E-state index < -0.39 is 23.3 Å². The topological polar surface area (TPSA) is 107 Å². The Morgan fingerprint density at radius 2 is 1.31 bits per heavy atom. The fraction of sp³-hybridized carbons (Fsp3) is 0.429. The first-order valence-electron chi connectivity index (χ1n) is 17.9. The van der Waals surface area contributed by atoms with E-state index in [4.69, 9.17) is 14.2 Å². The number of amides is 1. The molecule has 0 radical (unpaired) electrons. The van der Waals surface area contributed by atoms with Crippen molar-refractivity contribution >= 4 is 34.7 Å². The molecule has 0 saturated heterocycles. The highest BCUT2D eigenvalue weighted by atomic mass is 16.6. The van der Waals surface area contributed by atoms with Crippen LogP contribution in [0.1, 0.15) is 89.1 Å². The van der Waals surface area contributed by atoms with Gasteiger partial charge in [-0.25, -0.2) is 14.8 Å². The molecule has 1 aliphatic rings. The average molecular weight is 710 g/mol. The number of aromatic nitrogens is 1. The van der Waals surface area contributed by atoms with Crippen LogP contribution in [0.4, 0.5) is 4.79 Å². The summed E-state index contributed by atoms with van der Waals surface area (Å²) in [5.74, 6) is -0.810. The second-order valence-corrected chi connectivity index (χ2v) is 15.5. The van der Waals surface area contributed by atoms with Crippen LogP contribution < -0.4 is 0 Å². The predicted octanol–water partition coefficient (Wildman–Crippen LogP) is 7.83. The first-order valence-corrected chi connectivity index (χ1v) is 17.9. The zero-order valence-corrected chi connectivity index (χ0v) is 31.7. The van der Waals surface area contributed by atoms with Crippen molar-refractivity contribution in [3.05, 3.63) is 95.2 Å². The number of hydrogen-bond donors (Lipinski definition) is 0. The molecule has 0 saturated carbocycles. The second-order valence-electron chi connectivity index (χ2n) is 15.5. The van der Waals surface area contributed by atoms with Crippen molar-refractivity contribution in [2.24, 2.45) is 0 Å². The summed E-state index contributed by atoms with van der Waals surface area (Å²) in [6, 6.07) is 24.3. The Bertz CT molecular complexity index is 1900. The van der Waals surface area contributed by atoms with Crippen LogP contribution in [0.2, 0.25) is 0 Å². The molecule has 4 aromatic rings. The molecule has 0 fully saturated rings. The van der Waals surface area contributed by atoms with E-state index in [0.717, 1.165) is 44.4 Å². The lowest BCUT2D eigenvalue weighted by atomic mass is 9.98. The van der Waals surface area contributed by atoms with Crippen LogP contribution in [-0.2, 0) is 48.1 Å². The average Bonchev–Trinajstić information content (AvgIpc) is 3.57. The van der Waals surface area contributed by atoms with Crippen LogP contribution in [0.5, 0.6) is 0 Å². The van der Waals surface area contributed by atoms with Crippen molar-refractivity contribution in [1.82, 2.24) is 14.6 Å². The quantitative estimate of drug-likeness (QED) is 0.0786. The van der Waals surface area contributed by atoms with Crippen molar-refractivity contribution in [3.63, 3.8) is 0 Å². The lowest BCUT2D eigenvalue weighted by Gasteiger charge is -2.28. The van der Waals surface area contributed by atoms with E-state index >= 15 is 0 Å². The molecule has 0 N–H and O–H groups in total. The molecular weight excluding hydrogens is 658 g/mol. The van der Waals surface area contributed by atoms with E-state index in [1.54, 1.807) is 32.8 Å². The Morgan fingerprint density at radius 1 is 0.731 bits per heavy atom. The number of fused-ring (bicyclic) bond motifs is 4. The van der Waals surface area contributed by atoms with Crippen molar-refractivity contribution in [2.45, 2.75) is 97.4 Å². The first-order chi connectivity index (χ1) is 24.5. The molecule has 52 heavy (non-hydrogen) atoms. The highest BCUT2D eigenvalue weighted by molar-refractivity contribution is 5.87. The van der Waals surface area contributed by atoms with Crippen molar-refractivity contribution in [2.75, 3.05) is 20.7 Å². The summed E-state index contributed by atoms with van der Waals surface area (Å²) in [5, 5.41) is 4.13. The van der Waals surface area contributed by atoms with Gasteiger partial charge in [-0.3, -0.25) is 14.4 Å². The lowest BCUT2D eigenvalue weighted by Crippen LogP contribution is -2.41. The van der Waals surface area contributed by atoms with Crippen LogP contribution in [0.25, 0.3) is 22.0 Å². The molecule has 1 amide bonds. The number of hydrazine groups is 1. The molecule has 0 aliphatic heterocycles. The van der Waals surface area contributed by atoms with Crippen LogP contribution >= 0.6 is 0 Å². The predicted molar refractivity (Wildman–Crippen MR) is 200 cm³/mol. The third kappa shape index (κ3) is 9.67. The van der Waals surface area contributed by atoms with Crippen molar-refractivity contribution < 1.29 is 33.4 Å². The molecule has 0 bridgehead atoms. The van der Waals surface area contributed by atoms with Gasteiger partial charge in [0.1, 0.15) is 23.6 Å². The maximum absolute atomic E-state index is 13.4. The van der Waals surface area contributed by atoms with Crippen LogP contribution in [0, 0.1) is 0 Å². The molecule has 10 heteroatoms. The van der Waals surface area contributed by atoms with Gasteiger partial charge in [-0.1, -0.05) is 54.6 Å². The fourth-order valence-corrected chi connectivity index (χ4v) is 6.60. The molecule has 276 valence electrons. The number of aryl methyl sites for hydroxylation is 1. The lowest BCUT2D eigenvalue weighted by molar-refractivity contribution is -0.156. The maximum Gasteiger partial charge on any atom is 0.424 e. The number of esters is 2. The molecule has 1 aromatic heterocycles. The fourth-order valence-electron chi connectivity index (χ4n) is 6.60. The minimum atomic E-state index is -0.602. The van der Waals surface area contributed by atoms with Crippen LogP contribution in [0.15, 0.2) is 72.8 Å². The minimum absolute atomic E-state index is 0.0348. The normalized spacial score (nSPS) is 12.8. The van der Waals surface area contributed by atoms with Gasteiger partial charge in [-0.2, -0.15) is 0 Å². The molecular formula is C42H51N3O7. The third-order valence-corrected chi connectivity index (χ3v) is 8.94. The van der Waals surface area contributed by atoms with Crippen molar-refractivity contribution in [1.29, 1.82) is 0 Å². The minimum Gasteiger partial charge on any atom is -0.460 e. The number of nitrogens with zero attached hydrogens (tertiary/aromatic N) is 3. The van der Waals surface area contributed by atoms with Gasteiger partial charge in [-0.05, 0) is 87.6 Å². The van der Waals surface area contributed by atoms with Crippen molar-refractivity contribution in [3.8, 4) is 11.1 Å². The second kappa shape index (κ2) is 15.7. The molecule has 3 aromatic carbocycles. The molecule has 0 atom stereocenters. The first kappa shape index (κ1) is 38.3. The Kier molecular flexibility index (Phi) is 11.6. The van der Waals surface area contributed by atoms with E-state index in [-0.39, 0.29) is 50.0 Å². The number of carbonyl (C=O) groups excluding carboxylic acids is 4. The van der Waals surface area contributed by atoms with Gasteiger partial charge >= 0.3 is 18.0 Å². The number of hydrogen-bond acceptors (Lipinski definition) is 8. The standard InChI is InChI=1S/C42H51N3O7/c1-41(2,3)51-38(47)20-18-31(46)24-28-17-19-37-29(23-28)25-30(45(37)22-21-39(48)52-42(4,5)6)26-43(7)44(8)40(49)50-27-36-34-15-11-9-13-32(34)33-14-10-12-16-35(33)36/h9-17,19,23,25,36H,18,20-22,24,26-27H2,1-8H3. The summed E-state index contributed by atoms with van der Waals surface area (Å²) < 4.78 is 18.9. The third-order valence-electron chi connectivity index (χ3n) is 8.94. The number of ether oxygens (including phenoxy) is 3. The highest BCUT2D eigenvalue weighted by Crippen LogP contribution is 2.44. The Morgan fingerprint density at radius 3 is 1.90 bits per heavy atom. The van der Waals surface area contributed by atoms with Gasteiger partial charge in [-0.15, -0.1) is 0 Å². The SMILES string of the molecule is CN(Cc1cc2cc(CC(=O)CCC(=O)OC(C)(C)C)ccc2n1CCC(=O)OC(C)(C)C)N(C)C(=O)OCC1c2ccccc2-c2ccccc21. The van der Waals surface area contributed by atoms with Gasteiger partial charge < -0.3 is 18.8 Å². The van der Waals surface area contributed by atoms with Crippen LogP contribution in [-0.4, -0.2) is 70.3 Å². The zero-order chi connectivity index (χ0) is 37.8. The van der Waals surface area contributed by atoms with Crippen LogP contribution in [0.3, 0.4) is 0 Å². The molecule has 0 unspecified atom stereocenters. The Hall–Kier alpha value is -4.96. The van der Waals surface area contributed by atoms with Gasteiger partial charge in [0.15, 0.2) is 0 Å². The van der Waals surface area contributed by atoms with Gasteiger partial charge in [0.25, 0.3) is 0 Å². The van der Waals surface area contributed by atoms with Gasteiger partial charge in [0.2, 0.25) is 0 Å². The summed E-state index contributed by atoms with van der Waals surface area (Å²) in [6.45, 7) is 11.8. The van der Waals surface area contributed by atoms with Gasteiger partial charge in [0, 0.05) is 56.0 Å². The van der Waals surface area contributed by atoms with E-state index in [2.05, 4.69) is 28.8 Å².